The summed E-state index contributed by atoms with van der Waals surface area (Å²) in [5.41, 5.74) is 0. The molecule has 0 rings (SSSR count). The molecule has 0 saturated carbocycles. The lowest BCUT2D eigenvalue weighted by molar-refractivity contribution is 0.189. The Bertz CT molecular complexity index is 88.9. The first kappa shape index (κ1) is 7.74. The Morgan fingerprint density at radius 1 is 1.75 bits per heavy atom. The second-order valence-electron chi connectivity index (χ2n) is 1.50. The summed E-state index contributed by atoms with van der Waals surface area (Å²) in [6.07, 6.45) is 0.366. The van der Waals surface area contributed by atoms with Gasteiger partial charge in [-0.05, 0) is 6.42 Å². The summed E-state index contributed by atoms with van der Waals surface area (Å²) in [4.78, 5) is 0. The van der Waals surface area contributed by atoms with Gasteiger partial charge in [0.2, 0.25) is 0 Å². The normalized spacial score (nSPS) is 12.6. The van der Waals surface area contributed by atoms with Gasteiger partial charge < -0.3 is 5.11 Å². The Balaban J connectivity index is 3.01. The second kappa shape index (κ2) is 4.89. The first-order valence-electron chi connectivity index (χ1n) is 2.42. The van der Waals surface area contributed by atoms with E-state index in [1.165, 1.54) is 0 Å². The lowest BCUT2D eigenvalue weighted by Gasteiger charge is -1.99. The SMILES string of the molecule is N#CCCC(O)CCl. The second-order valence-corrected chi connectivity index (χ2v) is 1.81. The summed E-state index contributed by atoms with van der Waals surface area (Å²) in [7, 11) is 0. The van der Waals surface area contributed by atoms with Crippen LogP contribution in [0.4, 0.5) is 0 Å². The molecule has 0 bridgehead atoms. The summed E-state index contributed by atoms with van der Waals surface area (Å²) >= 11 is 5.23. The van der Waals surface area contributed by atoms with Gasteiger partial charge in [0.05, 0.1) is 12.2 Å². The number of alkyl halides is 1. The van der Waals surface area contributed by atoms with Crippen molar-refractivity contribution >= 4 is 11.6 Å². The molecule has 1 atom stereocenters. The van der Waals surface area contributed by atoms with Crippen LogP contribution in [0.5, 0.6) is 0 Å². The van der Waals surface area contributed by atoms with E-state index in [0.29, 0.717) is 12.8 Å². The smallest absolute Gasteiger partial charge is 0.0685 e. The maximum atomic E-state index is 8.71. The van der Waals surface area contributed by atoms with Gasteiger partial charge in [-0.25, -0.2) is 0 Å². The lowest BCUT2D eigenvalue weighted by atomic mass is 10.2. The largest absolute Gasteiger partial charge is 0.392 e. The van der Waals surface area contributed by atoms with Crippen LogP contribution in [0.3, 0.4) is 0 Å². The van der Waals surface area contributed by atoms with Crippen LogP contribution in [0.25, 0.3) is 0 Å². The fourth-order valence-electron chi connectivity index (χ4n) is 0.308. The quantitative estimate of drug-likeness (QED) is 0.581. The molecule has 3 heteroatoms. The van der Waals surface area contributed by atoms with Crippen LogP contribution in [0.15, 0.2) is 0 Å². The molecule has 0 saturated heterocycles. The molecule has 0 aliphatic rings. The lowest BCUT2D eigenvalue weighted by Crippen LogP contribution is -2.06. The minimum Gasteiger partial charge on any atom is -0.392 e. The van der Waals surface area contributed by atoms with Gasteiger partial charge in [-0.3, -0.25) is 0 Å². The highest BCUT2D eigenvalue weighted by Gasteiger charge is 1.98. The van der Waals surface area contributed by atoms with E-state index in [-0.39, 0.29) is 5.88 Å². The third kappa shape index (κ3) is 3.91. The van der Waals surface area contributed by atoms with E-state index >= 15 is 0 Å². The van der Waals surface area contributed by atoms with Crippen molar-refractivity contribution in [1.82, 2.24) is 0 Å². The van der Waals surface area contributed by atoms with E-state index in [4.69, 9.17) is 22.0 Å². The molecule has 0 aromatic rings. The monoisotopic (exact) mass is 133 g/mol. The van der Waals surface area contributed by atoms with Crippen molar-refractivity contribution < 1.29 is 5.11 Å². The van der Waals surface area contributed by atoms with Crippen LogP contribution in [-0.2, 0) is 0 Å². The summed E-state index contributed by atoms with van der Waals surface area (Å²) in [6, 6.07) is 1.91. The third-order valence-corrected chi connectivity index (χ3v) is 1.12. The Labute approximate surface area is 53.7 Å². The molecule has 0 aromatic heterocycles. The maximum Gasteiger partial charge on any atom is 0.0685 e. The molecule has 0 spiro atoms. The molecule has 0 aliphatic heterocycles. The molecule has 2 nitrogen and oxygen atoms in total. The van der Waals surface area contributed by atoms with Gasteiger partial charge in [0.1, 0.15) is 0 Å². The zero-order valence-electron chi connectivity index (χ0n) is 4.47. The van der Waals surface area contributed by atoms with Gasteiger partial charge in [0, 0.05) is 12.3 Å². The highest BCUT2D eigenvalue weighted by Crippen LogP contribution is 1.96. The van der Waals surface area contributed by atoms with E-state index in [1.807, 2.05) is 6.07 Å². The van der Waals surface area contributed by atoms with Gasteiger partial charge in [-0.2, -0.15) is 5.26 Å². The van der Waals surface area contributed by atoms with Crippen molar-refractivity contribution in [3.05, 3.63) is 0 Å². The van der Waals surface area contributed by atoms with E-state index < -0.39 is 6.10 Å². The van der Waals surface area contributed by atoms with Crippen LogP contribution in [0.2, 0.25) is 0 Å². The molecule has 1 N–H and O–H groups in total. The van der Waals surface area contributed by atoms with Crippen LogP contribution >= 0.6 is 11.6 Å². The Kier molecular flexibility index (Phi) is 4.73. The van der Waals surface area contributed by atoms with Crippen molar-refractivity contribution in [2.45, 2.75) is 18.9 Å². The molecule has 0 aromatic carbocycles. The first-order valence-corrected chi connectivity index (χ1v) is 2.95. The van der Waals surface area contributed by atoms with Crippen LogP contribution in [0.1, 0.15) is 12.8 Å². The van der Waals surface area contributed by atoms with Crippen molar-refractivity contribution in [2.75, 3.05) is 5.88 Å². The van der Waals surface area contributed by atoms with Crippen LogP contribution in [-0.4, -0.2) is 17.1 Å². The molecule has 0 fully saturated rings. The molecular weight excluding hydrogens is 126 g/mol. The number of halogens is 1. The Hall–Kier alpha value is -0.260. The maximum absolute atomic E-state index is 8.71. The highest BCUT2D eigenvalue weighted by atomic mass is 35.5. The fourth-order valence-corrected chi connectivity index (χ4v) is 0.463. The minimum absolute atomic E-state index is 0.224. The zero-order chi connectivity index (χ0) is 6.41. The van der Waals surface area contributed by atoms with Gasteiger partial charge in [0.25, 0.3) is 0 Å². The number of aliphatic hydroxyl groups is 1. The fraction of sp³-hybridized carbons (Fsp3) is 0.800. The predicted octanol–water partition coefficient (Wildman–Crippen LogP) is 0.890. The Morgan fingerprint density at radius 3 is 2.75 bits per heavy atom. The topological polar surface area (TPSA) is 44.0 Å². The molecule has 1 unspecified atom stereocenters. The minimum atomic E-state index is -0.503. The number of hydrogen-bond acceptors (Lipinski definition) is 2. The summed E-state index contributed by atoms with van der Waals surface area (Å²) in [6.45, 7) is 0. The van der Waals surface area contributed by atoms with Crippen LogP contribution < -0.4 is 0 Å². The van der Waals surface area contributed by atoms with Gasteiger partial charge >= 0.3 is 0 Å². The van der Waals surface area contributed by atoms with Crippen molar-refractivity contribution in [1.29, 1.82) is 5.26 Å². The van der Waals surface area contributed by atoms with E-state index in [0.717, 1.165) is 0 Å². The Morgan fingerprint density at radius 2 is 2.38 bits per heavy atom. The summed E-state index contributed by atoms with van der Waals surface area (Å²) in [5, 5.41) is 16.7. The number of nitriles is 1. The molecule has 8 heavy (non-hydrogen) atoms. The van der Waals surface area contributed by atoms with E-state index in [9.17, 15) is 0 Å². The average molecular weight is 134 g/mol. The van der Waals surface area contributed by atoms with E-state index in [1.54, 1.807) is 0 Å². The highest BCUT2D eigenvalue weighted by molar-refractivity contribution is 6.18. The molecular formula is C5H8ClNO. The molecule has 46 valence electrons. The molecule has 0 radical (unpaired) electrons. The summed E-state index contributed by atoms with van der Waals surface area (Å²) in [5.74, 6) is 0.224. The zero-order valence-corrected chi connectivity index (χ0v) is 5.23. The van der Waals surface area contributed by atoms with Crippen molar-refractivity contribution in [3.8, 4) is 6.07 Å². The number of nitrogens with zero attached hydrogens (tertiary/aromatic N) is 1. The standard InChI is InChI=1S/C5H8ClNO/c6-4-5(8)2-1-3-7/h5,8H,1-2,4H2. The molecule has 0 amide bonds. The van der Waals surface area contributed by atoms with Gasteiger partial charge in [0.15, 0.2) is 0 Å². The molecule has 0 aliphatic carbocycles. The van der Waals surface area contributed by atoms with Crippen LogP contribution in [0, 0.1) is 11.3 Å². The number of hydrogen-bond donors (Lipinski definition) is 1. The third-order valence-electron chi connectivity index (χ3n) is 0.767. The predicted molar refractivity (Wildman–Crippen MR) is 31.6 cm³/mol. The first-order chi connectivity index (χ1) is 3.81. The van der Waals surface area contributed by atoms with E-state index in [2.05, 4.69) is 0 Å². The molecule has 0 heterocycles. The van der Waals surface area contributed by atoms with Crippen molar-refractivity contribution in [2.24, 2.45) is 0 Å². The van der Waals surface area contributed by atoms with Gasteiger partial charge in [-0.1, -0.05) is 0 Å². The summed E-state index contributed by atoms with van der Waals surface area (Å²) < 4.78 is 0. The number of rotatable bonds is 3. The van der Waals surface area contributed by atoms with Crippen molar-refractivity contribution in [3.63, 3.8) is 0 Å². The number of aliphatic hydroxyl groups excluding tert-OH is 1. The average Bonchev–Trinajstić information content (AvgIpc) is 1.83. The van der Waals surface area contributed by atoms with Gasteiger partial charge in [-0.15, -0.1) is 11.6 Å².